The molecule has 3 aromatic carbocycles. The fraction of sp³-hybridized carbons (Fsp3) is 0.333. The molecule has 0 aliphatic heterocycles. The Hall–Kier alpha value is -2.17. The Balaban J connectivity index is 1.71. The normalized spacial score (nSPS) is 11.4. The maximum atomic E-state index is 3.82. The molecule has 31 heavy (non-hydrogen) atoms. The average molecular weight is 430 g/mol. The van der Waals surface area contributed by atoms with Crippen LogP contribution in [0.4, 0.5) is 0 Å². The van der Waals surface area contributed by atoms with Crippen LogP contribution in [0.3, 0.4) is 0 Å². The van der Waals surface area contributed by atoms with Crippen molar-refractivity contribution in [2.45, 2.75) is 57.8 Å². The van der Waals surface area contributed by atoms with Gasteiger partial charge >= 0.3 is 0 Å². The molecule has 0 fully saturated rings. The van der Waals surface area contributed by atoms with E-state index in [1.165, 1.54) is 79.9 Å². The molecule has 3 rings (SSSR count). The van der Waals surface area contributed by atoms with Gasteiger partial charge in [0.2, 0.25) is 0 Å². The maximum Gasteiger partial charge on any atom is 0.112 e. The van der Waals surface area contributed by atoms with Crippen LogP contribution < -0.4 is 15.9 Å². The quantitative estimate of drug-likeness (QED) is 0.140. The summed E-state index contributed by atoms with van der Waals surface area (Å²) in [5, 5.41) is 4.53. The van der Waals surface area contributed by atoms with Crippen molar-refractivity contribution in [2.24, 2.45) is 0 Å². The van der Waals surface area contributed by atoms with Gasteiger partial charge in [0.05, 0.1) is 6.16 Å². The van der Waals surface area contributed by atoms with Crippen molar-refractivity contribution in [1.29, 1.82) is 0 Å². The molecule has 0 saturated heterocycles. The van der Waals surface area contributed by atoms with Crippen LogP contribution in [0.5, 0.6) is 0 Å². The summed E-state index contributed by atoms with van der Waals surface area (Å²) in [5.74, 6) is 0. The van der Waals surface area contributed by atoms with Crippen LogP contribution in [0.15, 0.2) is 104 Å². The van der Waals surface area contributed by atoms with Crippen LogP contribution in [0.25, 0.3) is 0 Å². The van der Waals surface area contributed by atoms with Gasteiger partial charge in [-0.3, -0.25) is 0 Å². The average Bonchev–Trinajstić information content (AvgIpc) is 2.84. The lowest BCUT2D eigenvalue weighted by atomic mass is 10.1. The number of benzene rings is 3. The lowest BCUT2D eigenvalue weighted by Gasteiger charge is -2.27. The van der Waals surface area contributed by atoms with Crippen LogP contribution >= 0.6 is 7.26 Å². The molecule has 0 heterocycles. The summed E-state index contributed by atoms with van der Waals surface area (Å²) >= 11 is 0. The van der Waals surface area contributed by atoms with Gasteiger partial charge in [-0.15, -0.1) is 6.58 Å². The highest BCUT2D eigenvalue weighted by molar-refractivity contribution is 7.95. The van der Waals surface area contributed by atoms with Crippen molar-refractivity contribution >= 4 is 23.2 Å². The number of unbranched alkanes of at least 4 members (excludes halogenated alkanes) is 8. The molecule has 0 aliphatic rings. The molecule has 162 valence electrons. The zero-order valence-corrected chi connectivity index (χ0v) is 19.9. The highest BCUT2D eigenvalue weighted by Gasteiger charge is 2.44. The van der Waals surface area contributed by atoms with E-state index in [1.807, 2.05) is 6.08 Å². The van der Waals surface area contributed by atoms with Gasteiger partial charge in [-0.05, 0) is 62.1 Å². The van der Waals surface area contributed by atoms with E-state index in [0.717, 1.165) is 0 Å². The van der Waals surface area contributed by atoms with E-state index in [4.69, 9.17) is 0 Å². The first-order valence-corrected chi connectivity index (χ1v) is 14.0. The van der Waals surface area contributed by atoms with Crippen molar-refractivity contribution in [3.63, 3.8) is 0 Å². The summed E-state index contributed by atoms with van der Waals surface area (Å²) in [6, 6.07) is 33.8. The molecule has 0 aromatic heterocycles. The van der Waals surface area contributed by atoms with Crippen LogP contribution in [-0.2, 0) is 0 Å². The minimum absolute atomic E-state index is 1.17. The minimum atomic E-state index is -1.64. The Morgan fingerprint density at radius 2 is 0.839 bits per heavy atom. The summed E-state index contributed by atoms with van der Waals surface area (Å²) in [7, 11) is -1.64. The Kier molecular flexibility index (Phi) is 10.1. The van der Waals surface area contributed by atoms with Crippen LogP contribution in [0.2, 0.25) is 0 Å². The Labute approximate surface area is 190 Å². The van der Waals surface area contributed by atoms with E-state index >= 15 is 0 Å². The Morgan fingerprint density at radius 3 is 1.23 bits per heavy atom. The van der Waals surface area contributed by atoms with Crippen LogP contribution in [0.1, 0.15) is 57.8 Å². The topological polar surface area (TPSA) is 0 Å². The number of allylic oxidation sites excluding steroid dienone is 1. The molecule has 0 unspecified atom stereocenters. The lowest BCUT2D eigenvalue weighted by Crippen LogP contribution is -2.33. The summed E-state index contributed by atoms with van der Waals surface area (Å²) in [6.45, 7) is 3.82. The third-order valence-corrected chi connectivity index (χ3v) is 10.8. The standard InChI is InChI=1S/C30H38P/c1-2-3-4-5-6-7-8-9-10-20-27-31(28-21-14-11-15-22-28,29-23-16-12-17-24-29)30-25-18-13-19-26-30/h2,11-19,21-26H,1,3-10,20,27H2/q+1. The molecule has 0 N–H and O–H groups in total. The second-order valence-electron chi connectivity index (χ2n) is 8.45. The second-order valence-corrected chi connectivity index (χ2v) is 12.1. The van der Waals surface area contributed by atoms with E-state index < -0.39 is 7.26 Å². The van der Waals surface area contributed by atoms with Gasteiger partial charge in [-0.1, -0.05) is 92.8 Å². The van der Waals surface area contributed by atoms with Gasteiger partial charge < -0.3 is 0 Å². The molecular formula is C30H38P+. The molecule has 0 saturated carbocycles. The number of hydrogen-bond donors (Lipinski definition) is 0. The first kappa shape index (κ1) is 23.5. The van der Waals surface area contributed by atoms with E-state index in [1.54, 1.807) is 0 Å². The largest absolute Gasteiger partial charge is 0.112 e. The molecule has 0 atom stereocenters. The van der Waals surface area contributed by atoms with Crippen molar-refractivity contribution in [2.75, 3.05) is 6.16 Å². The molecule has 3 aromatic rings. The first-order valence-electron chi connectivity index (χ1n) is 12.0. The Morgan fingerprint density at radius 1 is 0.484 bits per heavy atom. The lowest BCUT2D eigenvalue weighted by molar-refractivity contribution is 0.578. The minimum Gasteiger partial charge on any atom is -0.103 e. The zero-order chi connectivity index (χ0) is 21.6. The first-order chi connectivity index (χ1) is 15.4. The smallest absolute Gasteiger partial charge is 0.103 e. The van der Waals surface area contributed by atoms with E-state index in [0.29, 0.717) is 0 Å². The van der Waals surface area contributed by atoms with E-state index in [9.17, 15) is 0 Å². The predicted octanol–water partition coefficient (Wildman–Crippen LogP) is 7.68. The van der Waals surface area contributed by atoms with Crippen LogP contribution in [0, 0.1) is 0 Å². The Bertz CT molecular complexity index is 758. The molecule has 0 nitrogen and oxygen atoms in total. The third-order valence-electron chi connectivity index (χ3n) is 6.24. The van der Waals surface area contributed by atoms with Gasteiger partial charge in [0.25, 0.3) is 0 Å². The van der Waals surface area contributed by atoms with Gasteiger partial charge in [0.1, 0.15) is 23.2 Å². The molecule has 1 heteroatoms. The number of hydrogen-bond acceptors (Lipinski definition) is 0. The van der Waals surface area contributed by atoms with Crippen molar-refractivity contribution < 1.29 is 0 Å². The predicted molar refractivity (Wildman–Crippen MR) is 142 cm³/mol. The zero-order valence-electron chi connectivity index (χ0n) is 19.0. The van der Waals surface area contributed by atoms with Crippen molar-refractivity contribution in [1.82, 2.24) is 0 Å². The molecule has 0 amide bonds. The van der Waals surface area contributed by atoms with E-state index in [-0.39, 0.29) is 0 Å². The summed E-state index contributed by atoms with van der Waals surface area (Å²) in [4.78, 5) is 0. The molecule has 0 radical (unpaired) electrons. The highest BCUT2D eigenvalue weighted by Crippen LogP contribution is 2.55. The van der Waals surface area contributed by atoms with Crippen LogP contribution in [-0.4, -0.2) is 6.16 Å². The summed E-state index contributed by atoms with van der Waals surface area (Å²) in [5.41, 5.74) is 0. The fourth-order valence-electron chi connectivity index (χ4n) is 4.58. The van der Waals surface area contributed by atoms with Gasteiger partial charge in [-0.2, -0.15) is 0 Å². The van der Waals surface area contributed by atoms with Crippen molar-refractivity contribution in [3.05, 3.63) is 104 Å². The molecule has 0 aliphatic carbocycles. The van der Waals surface area contributed by atoms with Gasteiger partial charge in [-0.25, -0.2) is 0 Å². The number of rotatable bonds is 14. The molecule has 0 spiro atoms. The van der Waals surface area contributed by atoms with Crippen molar-refractivity contribution in [3.8, 4) is 0 Å². The maximum absolute atomic E-state index is 3.82. The second kappa shape index (κ2) is 13.3. The van der Waals surface area contributed by atoms with Gasteiger partial charge in [0.15, 0.2) is 0 Å². The highest BCUT2D eigenvalue weighted by atomic mass is 31.2. The summed E-state index contributed by atoms with van der Waals surface area (Å²) < 4.78 is 0. The SMILES string of the molecule is C=CCCCCCCCCCC[P+](c1ccccc1)(c1ccccc1)c1ccccc1. The molecular weight excluding hydrogens is 391 g/mol. The molecule has 0 bridgehead atoms. The summed E-state index contributed by atoms with van der Waals surface area (Å²) in [6.07, 6.45) is 15.3. The monoisotopic (exact) mass is 429 g/mol. The fourth-order valence-corrected chi connectivity index (χ4v) is 8.99. The van der Waals surface area contributed by atoms with Gasteiger partial charge in [0, 0.05) is 0 Å². The third kappa shape index (κ3) is 6.65. The van der Waals surface area contributed by atoms with E-state index in [2.05, 4.69) is 97.6 Å².